The Bertz CT molecular complexity index is 1110. The van der Waals surface area contributed by atoms with E-state index in [1.807, 2.05) is 0 Å². The maximum absolute atomic E-state index is 13.6. The van der Waals surface area contributed by atoms with E-state index in [1.165, 1.54) is 11.0 Å². The fraction of sp³-hybridized carbons (Fsp3) is 0.364. The van der Waals surface area contributed by atoms with Gasteiger partial charge in [-0.1, -0.05) is 35.3 Å². The molecule has 11 heteroatoms. The summed E-state index contributed by atoms with van der Waals surface area (Å²) in [5.41, 5.74) is 0.732. The van der Waals surface area contributed by atoms with Crippen LogP contribution in [0.4, 0.5) is 10.1 Å². The normalized spacial score (nSPS) is 12.4. The van der Waals surface area contributed by atoms with Gasteiger partial charge in [0.1, 0.15) is 18.4 Å². The molecule has 2 aromatic carbocycles. The average Bonchev–Trinajstić information content (AvgIpc) is 2.71. The second-order valence-electron chi connectivity index (χ2n) is 7.86. The van der Waals surface area contributed by atoms with E-state index in [1.54, 1.807) is 45.0 Å². The van der Waals surface area contributed by atoms with Crippen molar-refractivity contribution in [1.29, 1.82) is 0 Å². The summed E-state index contributed by atoms with van der Waals surface area (Å²) in [5, 5.41) is 2.99. The fourth-order valence-electron chi connectivity index (χ4n) is 3.03. The Morgan fingerprint density at radius 2 is 1.67 bits per heavy atom. The monoisotopic (exact) mass is 517 g/mol. The molecular weight excluding hydrogens is 492 g/mol. The number of carbonyl (C=O) groups is 2. The summed E-state index contributed by atoms with van der Waals surface area (Å²) in [6, 6.07) is 9.05. The highest BCUT2D eigenvalue weighted by molar-refractivity contribution is 7.92. The molecule has 0 aliphatic heterocycles. The van der Waals surface area contributed by atoms with Crippen molar-refractivity contribution in [3.8, 4) is 0 Å². The first-order valence-electron chi connectivity index (χ1n) is 10.1. The molecule has 0 fully saturated rings. The van der Waals surface area contributed by atoms with Crippen molar-refractivity contribution >= 4 is 50.7 Å². The SMILES string of the molecule is CC(C)NC(=O)C(C)N(Cc1ccc(Cl)cc1)C(=O)CN(c1ccc(F)c(Cl)c1)S(C)(=O)=O. The lowest BCUT2D eigenvalue weighted by molar-refractivity contribution is -0.139. The van der Waals surface area contributed by atoms with Gasteiger partial charge >= 0.3 is 0 Å². The van der Waals surface area contributed by atoms with E-state index in [-0.39, 0.29) is 29.2 Å². The zero-order valence-corrected chi connectivity index (χ0v) is 21.0. The summed E-state index contributed by atoms with van der Waals surface area (Å²) in [6.45, 7) is 4.59. The summed E-state index contributed by atoms with van der Waals surface area (Å²) >= 11 is 11.7. The van der Waals surface area contributed by atoms with Gasteiger partial charge in [-0.2, -0.15) is 0 Å². The molecular formula is C22H26Cl2FN3O4S. The lowest BCUT2D eigenvalue weighted by Gasteiger charge is -2.32. The van der Waals surface area contributed by atoms with Crippen molar-refractivity contribution < 1.29 is 22.4 Å². The van der Waals surface area contributed by atoms with Crippen molar-refractivity contribution in [3.05, 3.63) is 63.9 Å². The van der Waals surface area contributed by atoms with Crippen molar-refractivity contribution in [2.45, 2.75) is 39.4 Å². The summed E-state index contributed by atoms with van der Waals surface area (Å²) in [7, 11) is -3.93. The van der Waals surface area contributed by atoms with Crippen LogP contribution in [0.2, 0.25) is 10.0 Å². The second-order valence-corrected chi connectivity index (χ2v) is 10.6. The lowest BCUT2D eigenvalue weighted by Crippen LogP contribution is -2.52. The summed E-state index contributed by atoms with van der Waals surface area (Å²) < 4.78 is 39.3. The number of hydrogen-bond donors (Lipinski definition) is 1. The topological polar surface area (TPSA) is 86.8 Å². The van der Waals surface area contributed by atoms with E-state index in [0.29, 0.717) is 10.6 Å². The number of sulfonamides is 1. The number of hydrogen-bond acceptors (Lipinski definition) is 4. The summed E-state index contributed by atoms with van der Waals surface area (Å²) in [4.78, 5) is 27.3. The van der Waals surface area contributed by atoms with Crippen molar-refractivity contribution in [1.82, 2.24) is 10.2 Å². The minimum absolute atomic E-state index is 0.0305. The molecule has 0 bridgehead atoms. The number of benzene rings is 2. The Labute approximate surface area is 203 Å². The number of carbonyl (C=O) groups excluding carboxylic acids is 2. The molecule has 1 unspecified atom stereocenters. The van der Waals surface area contributed by atoms with Gasteiger partial charge in [0.15, 0.2) is 0 Å². The number of rotatable bonds is 9. The van der Waals surface area contributed by atoms with Gasteiger partial charge < -0.3 is 10.2 Å². The van der Waals surface area contributed by atoms with Crippen molar-refractivity contribution in [2.24, 2.45) is 0 Å². The number of nitrogens with one attached hydrogen (secondary N) is 1. The van der Waals surface area contributed by atoms with Gasteiger partial charge in [0.05, 0.1) is 17.0 Å². The third-order valence-electron chi connectivity index (χ3n) is 4.73. The third-order valence-corrected chi connectivity index (χ3v) is 6.42. The van der Waals surface area contributed by atoms with Crippen molar-refractivity contribution in [2.75, 3.05) is 17.1 Å². The van der Waals surface area contributed by atoms with Crippen LogP contribution < -0.4 is 9.62 Å². The highest BCUT2D eigenvalue weighted by atomic mass is 35.5. The average molecular weight is 518 g/mol. The molecule has 0 aliphatic carbocycles. The Hall–Kier alpha value is -2.36. The number of amides is 2. The molecule has 0 radical (unpaired) electrons. The van der Waals surface area contributed by atoms with Gasteiger partial charge in [-0.15, -0.1) is 0 Å². The van der Waals surface area contributed by atoms with Crippen LogP contribution in [0.25, 0.3) is 0 Å². The molecule has 0 spiro atoms. The van der Waals surface area contributed by atoms with Crippen LogP contribution in [0.3, 0.4) is 0 Å². The predicted molar refractivity (Wildman–Crippen MR) is 128 cm³/mol. The number of halogens is 3. The Balaban J connectivity index is 2.40. The highest BCUT2D eigenvalue weighted by Gasteiger charge is 2.30. The fourth-order valence-corrected chi connectivity index (χ4v) is 4.17. The minimum atomic E-state index is -3.93. The maximum Gasteiger partial charge on any atom is 0.244 e. The zero-order valence-electron chi connectivity index (χ0n) is 18.7. The van der Waals surface area contributed by atoms with Gasteiger partial charge in [-0.05, 0) is 56.7 Å². The molecule has 2 rings (SSSR count). The maximum atomic E-state index is 13.6. The van der Waals surface area contributed by atoms with E-state index >= 15 is 0 Å². The lowest BCUT2D eigenvalue weighted by atomic mass is 10.1. The number of anilines is 1. The molecule has 1 N–H and O–H groups in total. The molecule has 0 heterocycles. The van der Waals surface area contributed by atoms with Crippen LogP contribution in [-0.4, -0.2) is 50.0 Å². The first-order chi connectivity index (χ1) is 15.3. The van der Waals surface area contributed by atoms with Crippen LogP contribution in [0.1, 0.15) is 26.3 Å². The Morgan fingerprint density at radius 3 is 2.18 bits per heavy atom. The molecule has 0 aromatic heterocycles. The zero-order chi connectivity index (χ0) is 24.9. The predicted octanol–water partition coefficient (Wildman–Crippen LogP) is 3.84. The molecule has 0 aliphatic rings. The highest BCUT2D eigenvalue weighted by Crippen LogP contribution is 2.25. The molecule has 0 saturated heterocycles. The second kappa shape index (κ2) is 11.2. The van der Waals surface area contributed by atoms with E-state index in [2.05, 4.69) is 5.32 Å². The Morgan fingerprint density at radius 1 is 1.06 bits per heavy atom. The van der Waals surface area contributed by atoms with Crippen LogP contribution in [0, 0.1) is 5.82 Å². The van der Waals surface area contributed by atoms with E-state index in [9.17, 15) is 22.4 Å². The van der Waals surface area contributed by atoms with Gasteiger partial charge in [0, 0.05) is 17.6 Å². The van der Waals surface area contributed by atoms with Crippen LogP contribution in [0.15, 0.2) is 42.5 Å². The molecule has 33 heavy (non-hydrogen) atoms. The van der Waals surface area contributed by atoms with Crippen LogP contribution >= 0.6 is 23.2 Å². The Kier molecular flexibility index (Phi) is 9.11. The quantitative estimate of drug-likeness (QED) is 0.547. The summed E-state index contributed by atoms with van der Waals surface area (Å²) in [5.74, 6) is -1.73. The number of nitrogens with zero attached hydrogens (tertiary/aromatic N) is 2. The molecule has 0 saturated carbocycles. The molecule has 180 valence electrons. The van der Waals surface area contributed by atoms with E-state index in [4.69, 9.17) is 23.2 Å². The summed E-state index contributed by atoms with van der Waals surface area (Å²) in [6.07, 6.45) is 0.927. The largest absolute Gasteiger partial charge is 0.352 e. The van der Waals surface area contributed by atoms with E-state index in [0.717, 1.165) is 22.7 Å². The van der Waals surface area contributed by atoms with Crippen LogP contribution in [-0.2, 0) is 26.2 Å². The van der Waals surface area contributed by atoms with Gasteiger partial charge in [-0.25, -0.2) is 12.8 Å². The van der Waals surface area contributed by atoms with Crippen molar-refractivity contribution in [3.63, 3.8) is 0 Å². The van der Waals surface area contributed by atoms with Gasteiger partial charge in [0.25, 0.3) is 0 Å². The first kappa shape index (κ1) is 26.9. The molecule has 7 nitrogen and oxygen atoms in total. The third kappa shape index (κ3) is 7.58. The smallest absolute Gasteiger partial charge is 0.244 e. The standard InChI is InChI=1S/C22H26Cl2FN3O4S/c1-14(2)26-22(30)15(3)27(12-16-5-7-17(23)8-6-16)21(29)13-28(33(4,31)32)18-9-10-20(25)19(24)11-18/h5-11,14-15H,12-13H2,1-4H3,(H,26,30). The van der Waals surface area contributed by atoms with Gasteiger partial charge in [-0.3, -0.25) is 13.9 Å². The molecule has 2 aromatic rings. The molecule has 1 atom stereocenters. The minimum Gasteiger partial charge on any atom is -0.352 e. The molecule has 2 amide bonds. The van der Waals surface area contributed by atoms with E-state index < -0.39 is 34.3 Å². The van der Waals surface area contributed by atoms with Crippen LogP contribution in [0.5, 0.6) is 0 Å². The first-order valence-corrected chi connectivity index (χ1v) is 12.7. The van der Waals surface area contributed by atoms with Gasteiger partial charge in [0.2, 0.25) is 21.8 Å².